The Hall–Kier alpha value is -3.53. The molecule has 0 bridgehead atoms. The van der Waals surface area contributed by atoms with Crippen molar-refractivity contribution in [2.45, 2.75) is 55.7 Å². The number of nitrogens with one attached hydrogen (secondary N) is 2. The maximum Gasteiger partial charge on any atom is 0.330 e. The van der Waals surface area contributed by atoms with Gasteiger partial charge in [0.25, 0.3) is 16.9 Å². The average molecular weight is 557 g/mol. The number of hydrogen-bond acceptors (Lipinski definition) is 15. The number of imidazole rings is 1. The monoisotopic (exact) mass is 557 g/mol. The largest absolute Gasteiger partial charge is 0.394 e. The Morgan fingerprint density at radius 2 is 1.77 bits per heavy atom. The van der Waals surface area contributed by atoms with Crippen LogP contribution in [0.5, 0.6) is 0 Å². The van der Waals surface area contributed by atoms with Crippen molar-refractivity contribution in [3.8, 4) is 0 Å². The summed E-state index contributed by atoms with van der Waals surface area (Å²) >= 11 is 0. The lowest BCUT2D eigenvalue weighted by Crippen LogP contribution is -2.57. The van der Waals surface area contributed by atoms with Gasteiger partial charge in [-0.05, 0) is 6.92 Å². The average Bonchev–Trinajstić information content (AvgIpc) is 3.52. The molecule has 2 fully saturated rings. The van der Waals surface area contributed by atoms with Crippen molar-refractivity contribution in [3.05, 3.63) is 49.3 Å². The van der Waals surface area contributed by atoms with Crippen LogP contribution in [0.25, 0.3) is 11.2 Å². The van der Waals surface area contributed by atoms with Crippen molar-refractivity contribution in [1.82, 2.24) is 29.1 Å². The molecule has 2 aliphatic rings. The summed E-state index contributed by atoms with van der Waals surface area (Å²) in [4.78, 5) is 46.2. The second-order valence-electron chi connectivity index (χ2n) is 8.95. The first-order valence-corrected chi connectivity index (χ1v) is 11.4. The highest BCUT2D eigenvalue weighted by Crippen LogP contribution is 2.41. The lowest BCUT2D eigenvalue weighted by Gasteiger charge is -2.33. The topological polar surface area (TPSA) is 305 Å². The smallest absolute Gasteiger partial charge is 0.330 e. The highest BCUT2D eigenvalue weighted by molar-refractivity contribution is 5.70. The van der Waals surface area contributed by atoms with E-state index in [0.717, 1.165) is 6.33 Å². The maximum atomic E-state index is 11.7. The summed E-state index contributed by atoms with van der Waals surface area (Å²) in [5.41, 5.74) is 3.49. The Morgan fingerprint density at radius 1 is 1.10 bits per heavy atom. The van der Waals surface area contributed by atoms with Crippen molar-refractivity contribution in [2.24, 2.45) is 0 Å². The van der Waals surface area contributed by atoms with Crippen LogP contribution in [0.4, 0.5) is 5.95 Å². The van der Waals surface area contributed by atoms with Crippen LogP contribution in [-0.2, 0) is 15.4 Å². The van der Waals surface area contributed by atoms with E-state index in [1.165, 1.54) is 10.8 Å². The molecule has 5 rings (SSSR count). The van der Waals surface area contributed by atoms with Gasteiger partial charge in [-0.25, -0.2) is 9.78 Å². The van der Waals surface area contributed by atoms with E-state index < -0.39 is 65.8 Å². The molecule has 11 N–H and O–H groups in total. The van der Waals surface area contributed by atoms with E-state index >= 15 is 0 Å². The Labute approximate surface area is 216 Å². The molecule has 0 aromatic carbocycles. The van der Waals surface area contributed by atoms with Crippen LogP contribution in [0, 0.1) is 6.92 Å². The number of hydrogen-bond donors (Lipinski definition) is 10. The number of aliphatic hydroxyl groups excluding tert-OH is 4. The number of nitrogens with zero attached hydrogens (tertiary/aromatic N) is 4. The van der Waals surface area contributed by atoms with E-state index in [0.29, 0.717) is 10.1 Å². The summed E-state index contributed by atoms with van der Waals surface area (Å²) in [6.45, 7) is 0.466. The van der Waals surface area contributed by atoms with Crippen molar-refractivity contribution >= 4 is 17.1 Å². The van der Waals surface area contributed by atoms with Gasteiger partial charge in [0.15, 0.2) is 11.2 Å². The van der Waals surface area contributed by atoms with Gasteiger partial charge >= 0.3 is 11.6 Å². The molecule has 39 heavy (non-hydrogen) atoms. The van der Waals surface area contributed by atoms with Crippen molar-refractivity contribution < 1.29 is 45.2 Å². The van der Waals surface area contributed by atoms with Gasteiger partial charge in [-0.15, -0.1) is 0 Å². The summed E-state index contributed by atoms with van der Waals surface area (Å²) in [6, 6.07) is 0. The number of ether oxygens (including phenoxy) is 2. The van der Waals surface area contributed by atoms with Gasteiger partial charge in [-0.1, -0.05) is 0 Å². The third-order valence-electron chi connectivity index (χ3n) is 6.33. The summed E-state index contributed by atoms with van der Waals surface area (Å²) in [7, 11) is 0. The zero-order valence-electron chi connectivity index (χ0n) is 20.2. The zero-order chi connectivity index (χ0) is 28.9. The summed E-state index contributed by atoms with van der Waals surface area (Å²) in [5, 5.41) is 67.7. The number of aromatic nitrogens is 6. The molecule has 214 valence electrons. The van der Waals surface area contributed by atoms with E-state index in [4.69, 9.17) is 25.4 Å². The second-order valence-corrected chi connectivity index (χ2v) is 8.95. The molecule has 3 aromatic heterocycles. The molecule has 0 amide bonds. The predicted molar refractivity (Wildman–Crippen MR) is 126 cm³/mol. The van der Waals surface area contributed by atoms with Crippen molar-refractivity contribution in [1.29, 1.82) is 0 Å². The summed E-state index contributed by atoms with van der Waals surface area (Å²) < 4.78 is 12.1. The van der Waals surface area contributed by atoms with Crippen molar-refractivity contribution in [3.63, 3.8) is 0 Å². The lowest BCUT2D eigenvalue weighted by molar-refractivity contribution is -0.387. The highest BCUT2D eigenvalue weighted by atomic mass is 16.7. The minimum atomic E-state index is -3.20. The van der Waals surface area contributed by atoms with Crippen LogP contribution in [-0.4, -0.2) is 108 Å². The number of fused-ring (bicyclic) bond motifs is 1. The quantitative estimate of drug-likeness (QED) is 0.134. The number of aryl methyl sites for hydroxylation is 1. The molecule has 2 aliphatic heterocycles. The molecule has 5 heterocycles. The molecule has 0 radical (unpaired) electrons. The minimum Gasteiger partial charge on any atom is -0.394 e. The summed E-state index contributed by atoms with van der Waals surface area (Å²) in [5.74, 6) is -6.45. The standard InChI is InChI=1S/C10H13N5O7.C10H14N2O5/c11-8-13-6-4(7(18)14-8)12-2-15(6)10(21)9(19,20)5(17)3(1-16)22-10;1-5-3-12(10(16)11-9(5)15)8-2-6(14)7(4-13)17-8/h2-3,5,16-17,19-21H,1H2,(H3,11,13,14,18);3,6-8,13-14H,2,4H2,1H3,(H,11,15,16)/t3-,5-,10-;6-,7+,8+/m10/s1. The Bertz CT molecular complexity index is 1530. The van der Waals surface area contributed by atoms with E-state index in [1.54, 1.807) is 6.92 Å². The first-order chi connectivity index (χ1) is 18.2. The molecule has 6 atom stereocenters. The van der Waals surface area contributed by atoms with Gasteiger partial charge in [0, 0.05) is 18.2 Å². The number of H-pyrrole nitrogens is 2. The van der Waals surface area contributed by atoms with E-state index in [-0.39, 0.29) is 30.1 Å². The van der Waals surface area contributed by atoms with Crippen LogP contribution in [0.15, 0.2) is 26.9 Å². The van der Waals surface area contributed by atoms with Crippen LogP contribution >= 0.6 is 0 Å². The number of nitrogen functional groups attached to an aromatic ring is 1. The van der Waals surface area contributed by atoms with Crippen LogP contribution < -0.4 is 22.5 Å². The van der Waals surface area contributed by atoms with E-state index in [1.807, 2.05) is 0 Å². The maximum absolute atomic E-state index is 11.7. The van der Waals surface area contributed by atoms with Crippen molar-refractivity contribution in [2.75, 3.05) is 18.9 Å². The van der Waals surface area contributed by atoms with E-state index in [9.17, 15) is 39.9 Å². The Morgan fingerprint density at radius 3 is 2.36 bits per heavy atom. The number of aromatic amines is 2. The molecular formula is C20H27N7O12. The van der Waals surface area contributed by atoms with Gasteiger partial charge < -0.3 is 51.0 Å². The SMILES string of the molecule is Cc1cn([C@H]2C[C@H](O)[C@@H](CO)O2)c(=O)[nH]c1=O.Nc1nc2c(ncn2[C@]2(O)O[C@H](CO)[C@@H](O)C2(O)O)c(=O)[nH]1. The molecule has 19 heteroatoms. The number of anilines is 1. The molecule has 0 aliphatic carbocycles. The Balaban J connectivity index is 0.000000187. The molecule has 19 nitrogen and oxygen atoms in total. The van der Waals surface area contributed by atoms with Gasteiger partial charge in [-0.3, -0.25) is 28.7 Å². The highest BCUT2D eigenvalue weighted by Gasteiger charge is 2.66. The number of rotatable bonds is 4. The fraction of sp³-hybridized carbons (Fsp3) is 0.550. The van der Waals surface area contributed by atoms with Gasteiger partial charge in [0.1, 0.15) is 30.9 Å². The first kappa shape index (κ1) is 28.5. The molecule has 2 saturated heterocycles. The molecule has 0 unspecified atom stereocenters. The van der Waals surface area contributed by atoms with Gasteiger partial charge in [-0.2, -0.15) is 4.98 Å². The first-order valence-electron chi connectivity index (χ1n) is 11.4. The summed E-state index contributed by atoms with van der Waals surface area (Å²) in [6.07, 6.45) is -3.24. The fourth-order valence-corrected chi connectivity index (χ4v) is 4.18. The lowest BCUT2D eigenvalue weighted by atomic mass is 10.1. The molecule has 0 saturated carbocycles. The normalized spacial score (nSPS) is 29.9. The Kier molecular flexibility index (Phi) is 7.46. The molecule has 0 spiro atoms. The van der Waals surface area contributed by atoms with Crippen LogP contribution in [0.3, 0.4) is 0 Å². The third-order valence-corrected chi connectivity index (χ3v) is 6.33. The second kappa shape index (κ2) is 10.2. The van der Waals surface area contributed by atoms with E-state index in [2.05, 4.69) is 19.9 Å². The molecular weight excluding hydrogens is 530 g/mol. The zero-order valence-corrected chi connectivity index (χ0v) is 20.2. The minimum absolute atomic E-state index is 0.205. The predicted octanol–water partition coefficient (Wildman–Crippen LogP) is -5.78. The number of nitrogens with two attached hydrogens (primary N) is 1. The third kappa shape index (κ3) is 4.75. The number of aliphatic hydroxyl groups is 7. The van der Waals surface area contributed by atoms with Crippen LogP contribution in [0.1, 0.15) is 18.2 Å². The van der Waals surface area contributed by atoms with Gasteiger partial charge in [0.05, 0.1) is 19.3 Å². The van der Waals surface area contributed by atoms with Crippen LogP contribution in [0.2, 0.25) is 0 Å². The fourth-order valence-electron chi connectivity index (χ4n) is 4.18. The molecule has 3 aromatic rings. The van der Waals surface area contributed by atoms with Gasteiger partial charge in [0.2, 0.25) is 5.95 Å².